The molecule has 0 unspecified atom stereocenters. The van der Waals surface area contributed by atoms with Gasteiger partial charge in [0.1, 0.15) is 0 Å². The summed E-state index contributed by atoms with van der Waals surface area (Å²) in [5.74, 6) is -0.254. The van der Waals surface area contributed by atoms with Crippen molar-refractivity contribution in [2.75, 3.05) is 36.4 Å². The molecule has 0 aromatic heterocycles. The van der Waals surface area contributed by atoms with Crippen LogP contribution in [0.3, 0.4) is 0 Å². The number of amides is 1. The summed E-state index contributed by atoms with van der Waals surface area (Å²) in [6, 6.07) is 11.1. The van der Waals surface area contributed by atoms with Gasteiger partial charge in [-0.1, -0.05) is 31.5 Å². The molecule has 2 aliphatic rings. The molecular weight excluding hydrogens is 434 g/mol. The quantitative estimate of drug-likeness (QED) is 0.648. The minimum absolute atomic E-state index is 0.204. The highest BCUT2D eigenvalue weighted by atomic mass is 32.2. The zero-order chi connectivity index (χ0) is 23.4. The van der Waals surface area contributed by atoms with Crippen molar-refractivity contribution < 1.29 is 13.2 Å². The third-order valence-corrected chi connectivity index (χ3v) is 8.74. The number of hydrogen-bond donors (Lipinski definition) is 1. The predicted octanol–water partition coefficient (Wildman–Crippen LogP) is 4.97. The second-order valence-corrected chi connectivity index (χ2v) is 11.0. The van der Waals surface area contributed by atoms with E-state index in [0.717, 1.165) is 74.1 Å². The zero-order valence-corrected chi connectivity index (χ0v) is 20.6. The van der Waals surface area contributed by atoms with Crippen LogP contribution in [0.4, 0.5) is 11.4 Å². The molecule has 0 spiro atoms. The smallest absolute Gasteiger partial charge is 0.257 e. The molecule has 0 bridgehead atoms. The molecule has 0 radical (unpaired) electrons. The Morgan fingerprint density at radius 1 is 0.939 bits per heavy atom. The lowest BCUT2D eigenvalue weighted by molar-refractivity contribution is 0.102. The van der Waals surface area contributed by atoms with Gasteiger partial charge in [-0.25, -0.2) is 8.42 Å². The highest BCUT2D eigenvalue weighted by Crippen LogP contribution is 2.31. The average Bonchev–Trinajstić information content (AvgIpc) is 2.86. The van der Waals surface area contributed by atoms with Gasteiger partial charge in [0.15, 0.2) is 0 Å². The van der Waals surface area contributed by atoms with Crippen LogP contribution in [0, 0.1) is 6.92 Å². The van der Waals surface area contributed by atoms with Gasteiger partial charge in [0.05, 0.1) is 10.5 Å². The molecule has 2 aromatic rings. The Morgan fingerprint density at radius 3 is 2.27 bits per heavy atom. The van der Waals surface area contributed by atoms with Gasteiger partial charge >= 0.3 is 0 Å². The SMILES string of the molecule is CCc1cccc(C)c1NC(=O)c1cc(S(=O)(=O)N2CCCCC2)ccc1N1CCCCC1. The van der Waals surface area contributed by atoms with Crippen LogP contribution in [-0.4, -0.2) is 44.8 Å². The number of carbonyl (C=O) groups excluding carboxylic acids is 1. The van der Waals surface area contributed by atoms with Crippen LogP contribution >= 0.6 is 0 Å². The average molecular weight is 470 g/mol. The summed E-state index contributed by atoms with van der Waals surface area (Å²) in [4.78, 5) is 16.0. The Morgan fingerprint density at radius 2 is 1.61 bits per heavy atom. The summed E-state index contributed by atoms with van der Waals surface area (Å²) in [6.07, 6.45) is 6.96. The number of benzene rings is 2. The van der Waals surface area contributed by atoms with E-state index < -0.39 is 10.0 Å². The van der Waals surface area contributed by atoms with Crippen LogP contribution in [0.2, 0.25) is 0 Å². The number of hydrogen-bond acceptors (Lipinski definition) is 4. The fourth-order valence-electron chi connectivity index (χ4n) is 4.91. The van der Waals surface area contributed by atoms with Gasteiger partial charge in [0.25, 0.3) is 5.91 Å². The van der Waals surface area contributed by atoms with Crippen LogP contribution in [-0.2, 0) is 16.4 Å². The number of piperidine rings is 2. The maximum Gasteiger partial charge on any atom is 0.257 e. The van der Waals surface area contributed by atoms with Crippen LogP contribution < -0.4 is 10.2 Å². The normalized spacial score (nSPS) is 17.7. The van der Waals surface area contributed by atoms with Crippen LogP contribution in [0.15, 0.2) is 41.3 Å². The van der Waals surface area contributed by atoms with E-state index in [-0.39, 0.29) is 10.8 Å². The number of rotatable bonds is 6. The number of sulfonamides is 1. The molecule has 1 N–H and O–H groups in total. The van der Waals surface area contributed by atoms with E-state index in [1.165, 1.54) is 6.42 Å². The largest absolute Gasteiger partial charge is 0.371 e. The maximum atomic E-state index is 13.6. The first-order chi connectivity index (χ1) is 15.9. The topological polar surface area (TPSA) is 69.7 Å². The summed E-state index contributed by atoms with van der Waals surface area (Å²) in [5.41, 5.74) is 4.13. The Hall–Kier alpha value is -2.38. The Bertz CT molecular complexity index is 1100. The lowest BCUT2D eigenvalue weighted by Gasteiger charge is -2.31. The molecule has 6 nitrogen and oxygen atoms in total. The van der Waals surface area contributed by atoms with E-state index in [2.05, 4.69) is 17.1 Å². The summed E-state index contributed by atoms with van der Waals surface area (Å²) < 4.78 is 28.2. The van der Waals surface area contributed by atoms with Gasteiger partial charge in [-0.3, -0.25) is 4.79 Å². The van der Waals surface area contributed by atoms with E-state index in [4.69, 9.17) is 0 Å². The van der Waals surface area contributed by atoms with Crippen molar-refractivity contribution in [2.24, 2.45) is 0 Å². The fraction of sp³-hybridized carbons (Fsp3) is 0.500. The number of para-hydroxylation sites is 1. The molecule has 33 heavy (non-hydrogen) atoms. The van der Waals surface area contributed by atoms with Gasteiger partial charge in [0.2, 0.25) is 10.0 Å². The van der Waals surface area contributed by atoms with Crippen LogP contribution in [0.25, 0.3) is 0 Å². The summed E-state index contributed by atoms with van der Waals surface area (Å²) >= 11 is 0. The highest BCUT2D eigenvalue weighted by molar-refractivity contribution is 7.89. The minimum atomic E-state index is -3.62. The first kappa shape index (κ1) is 23.8. The highest BCUT2D eigenvalue weighted by Gasteiger charge is 2.29. The van der Waals surface area contributed by atoms with Crippen molar-refractivity contribution in [1.82, 2.24) is 4.31 Å². The minimum Gasteiger partial charge on any atom is -0.371 e. The Kier molecular flexibility index (Phi) is 7.39. The van der Waals surface area contributed by atoms with Crippen LogP contribution in [0.1, 0.15) is 66.9 Å². The number of nitrogens with zero attached hydrogens (tertiary/aromatic N) is 2. The first-order valence-corrected chi connectivity index (χ1v) is 13.6. The predicted molar refractivity (Wildman–Crippen MR) is 134 cm³/mol. The van der Waals surface area contributed by atoms with Crippen LogP contribution in [0.5, 0.6) is 0 Å². The van der Waals surface area contributed by atoms with Crippen molar-refractivity contribution in [2.45, 2.75) is 63.7 Å². The Balaban J connectivity index is 1.73. The van der Waals surface area contributed by atoms with E-state index in [9.17, 15) is 13.2 Å². The number of nitrogens with one attached hydrogen (secondary N) is 1. The second-order valence-electron chi connectivity index (χ2n) is 9.11. The molecule has 0 atom stereocenters. The number of anilines is 2. The molecular formula is C26H35N3O3S. The van der Waals surface area contributed by atoms with E-state index in [0.29, 0.717) is 18.7 Å². The van der Waals surface area contributed by atoms with Gasteiger partial charge in [0, 0.05) is 37.6 Å². The molecule has 2 heterocycles. The monoisotopic (exact) mass is 469 g/mol. The first-order valence-electron chi connectivity index (χ1n) is 12.2. The van der Waals surface area contributed by atoms with Crippen molar-refractivity contribution in [3.63, 3.8) is 0 Å². The molecule has 4 rings (SSSR count). The maximum absolute atomic E-state index is 13.6. The molecule has 0 saturated carbocycles. The molecule has 0 aliphatic carbocycles. The Labute approximate surface area is 198 Å². The van der Waals surface area contributed by atoms with Gasteiger partial charge < -0.3 is 10.2 Å². The second kappa shape index (κ2) is 10.3. The summed E-state index contributed by atoms with van der Waals surface area (Å²) in [7, 11) is -3.62. The molecule has 1 amide bonds. The van der Waals surface area contributed by atoms with E-state index in [1.807, 2.05) is 31.2 Å². The molecule has 2 saturated heterocycles. The standard InChI is InChI=1S/C26H35N3O3S/c1-3-21-12-10-11-20(2)25(21)27-26(30)23-19-22(33(31,32)29-17-8-5-9-18-29)13-14-24(23)28-15-6-4-7-16-28/h10-14,19H,3-9,15-18H2,1-2H3,(H,27,30). The van der Waals surface area contributed by atoms with Crippen molar-refractivity contribution in [1.29, 1.82) is 0 Å². The summed E-state index contributed by atoms with van der Waals surface area (Å²) in [5, 5.41) is 3.11. The third kappa shape index (κ3) is 5.09. The fourth-order valence-corrected chi connectivity index (χ4v) is 6.45. The number of carbonyl (C=O) groups is 1. The van der Waals surface area contributed by atoms with Gasteiger partial charge in [-0.15, -0.1) is 0 Å². The van der Waals surface area contributed by atoms with Gasteiger partial charge in [-0.05, 0) is 74.8 Å². The van der Waals surface area contributed by atoms with Crippen molar-refractivity contribution in [3.05, 3.63) is 53.1 Å². The number of aryl methyl sites for hydroxylation is 2. The summed E-state index contributed by atoms with van der Waals surface area (Å²) in [6.45, 7) is 6.89. The molecule has 7 heteroatoms. The molecule has 2 aromatic carbocycles. The van der Waals surface area contributed by atoms with Crippen molar-refractivity contribution in [3.8, 4) is 0 Å². The van der Waals surface area contributed by atoms with Crippen molar-refractivity contribution >= 4 is 27.3 Å². The third-order valence-electron chi connectivity index (χ3n) is 6.84. The van der Waals surface area contributed by atoms with E-state index >= 15 is 0 Å². The molecule has 178 valence electrons. The van der Waals surface area contributed by atoms with Gasteiger partial charge in [-0.2, -0.15) is 4.31 Å². The molecule has 2 fully saturated rings. The molecule has 2 aliphatic heterocycles. The van der Waals surface area contributed by atoms with E-state index in [1.54, 1.807) is 16.4 Å². The lowest BCUT2D eigenvalue weighted by Crippen LogP contribution is -2.36. The zero-order valence-electron chi connectivity index (χ0n) is 19.8. The lowest BCUT2D eigenvalue weighted by atomic mass is 10.0.